The SMILES string of the molecule is CCNC(=O)CCn1c(=S)[nH]c2c(Cl)cccc21. The Hall–Kier alpha value is -1.33. The summed E-state index contributed by atoms with van der Waals surface area (Å²) in [5.74, 6) is 0.0239. The Balaban J connectivity index is 2.28. The van der Waals surface area contributed by atoms with E-state index in [2.05, 4.69) is 10.3 Å². The number of H-pyrrole nitrogens is 1. The number of aromatic nitrogens is 2. The van der Waals surface area contributed by atoms with Crippen molar-refractivity contribution in [2.45, 2.75) is 19.9 Å². The monoisotopic (exact) mass is 283 g/mol. The fraction of sp³-hybridized carbons (Fsp3) is 0.333. The average molecular weight is 284 g/mol. The molecule has 1 amide bonds. The maximum absolute atomic E-state index is 11.5. The van der Waals surface area contributed by atoms with Gasteiger partial charge in [0.05, 0.1) is 16.1 Å². The second-order valence-electron chi connectivity index (χ2n) is 3.92. The highest BCUT2D eigenvalue weighted by Gasteiger charge is 2.08. The highest BCUT2D eigenvalue weighted by molar-refractivity contribution is 7.71. The van der Waals surface area contributed by atoms with Crippen molar-refractivity contribution in [3.8, 4) is 0 Å². The molecule has 0 unspecified atom stereocenters. The molecule has 1 heterocycles. The number of para-hydroxylation sites is 1. The molecule has 0 atom stereocenters. The zero-order valence-electron chi connectivity index (χ0n) is 10.00. The van der Waals surface area contributed by atoms with E-state index in [0.717, 1.165) is 11.0 Å². The Morgan fingerprint density at radius 2 is 2.33 bits per heavy atom. The van der Waals surface area contributed by atoms with E-state index in [0.29, 0.717) is 29.3 Å². The Kier molecular flexibility index (Phi) is 4.04. The van der Waals surface area contributed by atoms with Crippen molar-refractivity contribution in [2.24, 2.45) is 0 Å². The summed E-state index contributed by atoms with van der Waals surface area (Å²) < 4.78 is 2.48. The second kappa shape index (κ2) is 5.54. The van der Waals surface area contributed by atoms with Gasteiger partial charge in [0.1, 0.15) is 0 Å². The van der Waals surface area contributed by atoms with E-state index >= 15 is 0 Å². The minimum Gasteiger partial charge on any atom is -0.356 e. The number of aromatic amines is 1. The molecule has 1 aromatic heterocycles. The van der Waals surface area contributed by atoms with Crippen LogP contribution >= 0.6 is 23.8 Å². The van der Waals surface area contributed by atoms with Gasteiger partial charge < -0.3 is 14.9 Å². The number of nitrogens with one attached hydrogen (secondary N) is 2. The van der Waals surface area contributed by atoms with Crippen LogP contribution in [0, 0.1) is 4.77 Å². The Bertz CT molecular complexity index is 632. The number of hydrogen-bond acceptors (Lipinski definition) is 2. The van der Waals surface area contributed by atoms with Crippen LogP contribution in [0.15, 0.2) is 18.2 Å². The first kappa shape index (κ1) is 13.1. The lowest BCUT2D eigenvalue weighted by molar-refractivity contribution is -0.121. The molecule has 18 heavy (non-hydrogen) atoms. The van der Waals surface area contributed by atoms with Crippen LogP contribution in [0.4, 0.5) is 0 Å². The summed E-state index contributed by atoms with van der Waals surface area (Å²) in [6.07, 6.45) is 0.404. The lowest BCUT2D eigenvalue weighted by atomic mass is 10.3. The van der Waals surface area contributed by atoms with Gasteiger partial charge in [-0.3, -0.25) is 4.79 Å². The molecular formula is C12H14ClN3OS. The number of carbonyl (C=O) groups excluding carboxylic acids is 1. The van der Waals surface area contributed by atoms with Crippen LogP contribution in [0.5, 0.6) is 0 Å². The van der Waals surface area contributed by atoms with Crippen molar-refractivity contribution in [3.05, 3.63) is 28.0 Å². The molecule has 6 heteroatoms. The normalized spacial score (nSPS) is 10.8. The van der Waals surface area contributed by atoms with Crippen molar-refractivity contribution in [2.75, 3.05) is 6.54 Å². The number of benzene rings is 1. The number of carbonyl (C=O) groups is 1. The molecule has 0 fully saturated rings. The molecule has 1 aromatic carbocycles. The molecule has 2 N–H and O–H groups in total. The number of fused-ring (bicyclic) bond motifs is 1. The predicted molar refractivity (Wildman–Crippen MR) is 75.4 cm³/mol. The fourth-order valence-electron chi connectivity index (χ4n) is 1.87. The molecule has 0 aliphatic heterocycles. The van der Waals surface area contributed by atoms with Crippen LogP contribution in [-0.4, -0.2) is 22.0 Å². The lowest BCUT2D eigenvalue weighted by Gasteiger charge is -2.05. The van der Waals surface area contributed by atoms with E-state index in [9.17, 15) is 4.79 Å². The van der Waals surface area contributed by atoms with Gasteiger partial charge in [0.25, 0.3) is 0 Å². The maximum Gasteiger partial charge on any atom is 0.221 e. The third kappa shape index (κ3) is 2.57. The average Bonchev–Trinajstić information content (AvgIpc) is 2.65. The van der Waals surface area contributed by atoms with Crippen LogP contribution in [0.2, 0.25) is 5.02 Å². The highest BCUT2D eigenvalue weighted by atomic mass is 35.5. The molecule has 0 saturated heterocycles. The lowest BCUT2D eigenvalue weighted by Crippen LogP contribution is -2.23. The van der Waals surface area contributed by atoms with Crippen LogP contribution in [0.1, 0.15) is 13.3 Å². The number of aryl methyl sites for hydroxylation is 1. The Morgan fingerprint density at radius 1 is 1.56 bits per heavy atom. The van der Waals surface area contributed by atoms with Crippen LogP contribution in [-0.2, 0) is 11.3 Å². The predicted octanol–water partition coefficient (Wildman–Crippen LogP) is 2.88. The first-order valence-electron chi connectivity index (χ1n) is 5.77. The number of imidazole rings is 1. The smallest absolute Gasteiger partial charge is 0.221 e. The molecule has 96 valence electrons. The van der Waals surface area contributed by atoms with Crippen molar-refractivity contribution in [1.82, 2.24) is 14.9 Å². The number of amides is 1. The molecule has 0 radical (unpaired) electrons. The standard InChI is InChI=1S/C12H14ClN3OS/c1-2-14-10(17)6-7-16-9-5-3-4-8(13)11(9)15-12(16)18/h3-5H,2,6-7H2,1H3,(H,14,17)(H,15,18). The van der Waals surface area contributed by atoms with Gasteiger partial charge >= 0.3 is 0 Å². The Morgan fingerprint density at radius 3 is 3.06 bits per heavy atom. The zero-order chi connectivity index (χ0) is 13.1. The summed E-state index contributed by atoms with van der Waals surface area (Å²) in [5.41, 5.74) is 1.75. The summed E-state index contributed by atoms with van der Waals surface area (Å²) in [4.78, 5) is 14.5. The molecular weight excluding hydrogens is 270 g/mol. The molecule has 0 aliphatic rings. The van der Waals surface area contributed by atoms with Gasteiger partial charge in [-0.25, -0.2) is 0 Å². The van der Waals surface area contributed by atoms with Crippen LogP contribution in [0.3, 0.4) is 0 Å². The topological polar surface area (TPSA) is 49.8 Å². The van der Waals surface area contributed by atoms with Gasteiger partial charge in [-0.15, -0.1) is 0 Å². The fourth-order valence-corrected chi connectivity index (χ4v) is 2.37. The van der Waals surface area contributed by atoms with Crippen LogP contribution in [0.25, 0.3) is 11.0 Å². The highest BCUT2D eigenvalue weighted by Crippen LogP contribution is 2.22. The quantitative estimate of drug-likeness (QED) is 0.848. The van der Waals surface area contributed by atoms with Gasteiger partial charge in [-0.2, -0.15) is 0 Å². The summed E-state index contributed by atoms with van der Waals surface area (Å²) in [5, 5.41) is 3.40. The minimum absolute atomic E-state index is 0.0239. The molecule has 4 nitrogen and oxygen atoms in total. The van der Waals surface area contributed by atoms with Gasteiger partial charge in [0, 0.05) is 19.5 Å². The van der Waals surface area contributed by atoms with Crippen molar-refractivity contribution < 1.29 is 4.79 Å². The summed E-state index contributed by atoms with van der Waals surface area (Å²) in [6, 6.07) is 5.62. The van der Waals surface area contributed by atoms with E-state index in [1.54, 1.807) is 0 Å². The number of halogens is 1. The molecule has 0 saturated carbocycles. The maximum atomic E-state index is 11.5. The molecule has 0 aliphatic carbocycles. The molecule has 2 aromatic rings. The van der Waals surface area contributed by atoms with Crippen LogP contribution < -0.4 is 5.32 Å². The largest absolute Gasteiger partial charge is 0.356 e. The van der Waals surface area contributed by atoms with Crippen molar-refractivity contribution >= 4 is 40.8 Å². The van der Waals surface area contributed by atoms with E-state index in [-0.39, 0.29) is 5.91 Å². The van der Waals surface area contributed by atoms with E-state index in [1.807, 2.05) is 29.7 Å². The minimum atomic E-state index is 0.0239. The van der Waals surface area contributed by atoms with E-state index in [1.165, 1.54) is 0 Å². The first-order chi connectivity index (χ1) is 8.63. The third-order valence-corrected chi connectivity index (χ3v) is 3.33. The summed E-state index contributed by atoms with van der Waals surface area (Å²) in [7, 11) is 0. The second-order valence-corrected chi connectivity index (χ2v) is 4.71. The van der Waals surface area contributed by atoms with E-state index < -0.39 is 0 Å². The van der Waals surface area contributed by atoms with Crippen molar-refractivity contribution in [1.29, 1.82) is 0 Å². The van der Waals surface area contributed by atoms with E-state index in [4.69, 9.17) is 23.8 Å². The van der Waals surface area contributed by atoms with Gasteiger partial charge in [-0.05, 0) is 31.3 Å². The van der Waals surface area contributed by atoms with Gasteiger partial charge in [0.2, 0.25) is 5.91 Å². The molecule has 0 spiro atoms. The van der Waals surface area contributed by atoms with Gasteiger partial charge in [0.15, 0.2) is 4.77 Å². The zero-order valence-corrected chi connectivity index (χ0v) is 11.6. The first-order valence-corrected chi connectivity index (χ1v) is 6.56. The number of hydrogen-bond donors (Lipinski definition) is 2. The molecule has 0 bridgehead atoms. The van der Waals surface area contributed by atoms with Gasteiger partial charge in [-0.1, -0.05) is 17.7 Å². The number of nitrogens with zero attached hydrogens (tertiary/aromatic N) is 1. The van der Waals surface area contributed by atoms with Crippen molar-refractivity contribution in [3.63, 3.8) is 0 Å². The molecule has 2 rings (SSSR count). The number of rotatable bonds is 4. The Labute approximate surface area is 115 Å². The summed E-state index contributed by atoms with van der Waals surface area (Å²) >= 11 is 11.3. The summed E-state index contributed by atoms with van der Waals surface area (Å²) in [6.45, 7) is 3.09. The third-order valence-electron chi connectivity index (χ3n) is 2.70.